The average Bonchev–Trinajstić information content (AvgIpc) is 3.06. The van der Waals surface area contributed by atoms with E-state index in [0.717, 1.165) is 51.1 Å². The van der Waals surface area contributed by atoms with Gasteiger partial charge in [-0.1, -0.05) is 24.3 Å². The van der Waals surface area contributed by atoms with Crippen molar-refractivity contribution in [3.8, 4) is 0 Å². The standard InChI is InChI=1S/C23H30N4O2.CH2O2/c1-16-23(18(3)28)17(2)27(24-16)15-22(29)25-12-9-21(10-13-25)26-11-8-19-6-4-5-7-20(19)14-26;2-1-3/h4-7,21H,8-15H2,1-3H3;1H,(H,2,3). The molecule has 2 aliphatic rings. The van der Waals surface area contributed by atoms with Gasteiger partial charge in [-0.25, -0.2) is 0 Å². The van der Waals surface area contributed by atoms with Crippen molar-refractivity contribution in [3.63, 3.8) is 0 Å². The minimum Gasteiger partial charge on any atom is -0.483 e. The number of rotatable bonds is 4. The quantitative estimate of drug-likeness (QED) is 0.580. The second kappa shape index (κ2) is 10.5. The van der Waals surface area contributed by atoms with Gasteiger partial charge in [0.2, 0.25) is 5.91 Å². The van der Waals surface area contributed by atoms with Crippen LogP contribution in [0.4, 0.5) is 0 Å². The van der Waals surface area contributed by atoms with Crippen molar-refractivity contribution in [2.24, 2.45) is 0 Å². The van der Waals surface area contributed by atoms with Gasteiger partial charge in [0.1, 0.15) is 6.54 Å². The number of hydrogen-bond donors (Lipinski definition) is 1. The molecule has 8 heteroatoms. The molecule has 1 saturated heterocycles. The molecule has 0 bridgehead atoms. The molecule has 32 heavy (non-hydrogen) atoms. The van der Waals surface area contributed by atoms with Crippen molar-refractivity contribution in [3.05, 3.63) is 52.3 Å². The number of ketones is 1. The van der Waals surface area contributed by atoms with E-state index in [2.05, 4.69) is 34.3 Å². The molecule has 0 spiro atoms. The maximum atomic E-state index is 12.8. The summed E-state index contributed by atoms with van der Waals surface area (Å²) in [6.45, 7) is 8.91. The molecule has 4 rings (SSSR count). The first kappa shape index (κ1) is 23.7. The monoisotopic (exact) mass is 440 g/mol. The number of nitrogens with zero attached hydrogens (tertiary/aromatic N) is 4. The van der Waals surface area contributed by atoms with E-state index in [0.29, 0.717) is 17.3 Å². The van der Waals surface area contributed by atoms with Gasteiger partial charge in [0, 0.05) is 37.9 Å². The Labute approximate surface area is 188 Å². The lowest BCUT2D eigenvalue weighted by Crippen LogP contribution is -2.48. The zero-order valence-electron chi connectivity index (χ0n) is 19.1. The molecule has 2 aromatic rings. The van der Waals surface area contributed by atoms with Crippen molar-refractivity contribution in [1.82, 2.24) is 19.6 Å². The van der Waals surface area contributed by atoms with Crippen molar-refractivity contribution >= 4 is 18.2 Å². The normalized spacial score (nSPS) is 16.7. The summed E-state index contributed by atoms with van der Waals surface area (Å²) in [6.07, 6.45) is 3.15. The number of Topliss-reactive ketones (excluding diaryl/α,β-unsaturated/α-hetero) is 1. The van der Waals surface area contributed by atoms with Crippen molar-refractivity contribution in [1.29, 1.82) is 0 Å². The molecule has 0 radical (unpaired) electrons. The molecule has 8 nitrogen and oxygen atoms in total. The van der Waals surface area contributed by atoms with Crippen LogP contribution in [0.5, 0.6) is 0 Å². The Bertz CT molecular complexity index is 976. The fourth-order valence-electron chi connectivity index (χ4n) is 4.90. The second-order valence-corrected chi connectivity index (χ2v) is 8.47. The summed E-state index contributed by atoms with van der Waals surface area (Å²) in [7, 11) is 0. The Morgan fingerprint density at radius 1 is 1.12 bits per heavy atom. The van der Waals surface area contributed by atoms with Gasteiger partial charge in [0.15, 0.2) is 5.78 Å². The van der Waals surface area contributed by atoms with E-state index in [1.807, 2.05) is 18.7 Å². The number of carboxylic acid groups (broad SMARTS) is 1. The molecule has 3 heterocycles. The van der Waals surface area contributed by atoms with Gasteiger partial charge in [0.25, 0.3) is 6.47 Å². The summed E-state index contributed by atoms with van der Waals surface area (Å²) in [6, 6.07) is 9.28. The van der Waals surface area contributed by atoms with Gasteiger partial charge in [0.05, 0.1) is 11.3 Å². The van der Waals surface area contributed by atoms with E-state index in [1.165, 1.54) is 11.1 Å². The highest BCUT2D eigenvalue weighted by Gasteiger charge is 2.29. The molecule has 1 N–H and O–H groups in total. The highest BCUT2D eigenvalue weighted by Crippen LogP contribution is 2.25. The van der Waals surface area contributed by atoms with Crippen LogP contribution in [-0.4, -0.2) is 68.5 Å². The lowest BCUT2D eigenvalue weighted by atomic mass is 9.95. The highest BCUT2D eigenvalue weighted by molar-refractivity contribution is 5.96. The van der Waals surface area contributed by atoms with E-state index in [9.17, 15) is 9.59 Å². The number of fused-ring (bicyclic) bond motifs is 1. The Kier molecular flexibility index (Phi) is 7.80. The number of likely N-dealkylation sites (tertiary alicyclic amines) is 1. The summed E-state index contributed by atoms with van der Waals surface area (Å²) in [5.74, 6) is 0.0933. The number of aromatic nitrogens is 2. The Morgan fingerprint density at radius 2 is 1.75 bits per heavy atom. The number of piperidine rings is 1. The third-order valence-corrected chi connectivity index (χ3v) is 6.51. The molecule has 1 aromatic carbocycles. The summed E-state index contributed by atoms with van der Waals surface area (Å²) in [4.78, 5) is 37.5. The summed E-state index contributed by atoms with van der Waals surface area (Å²) >= 11 is 0. The van der Waals surface area contributed by atoms with Gasteiger partial charge >= 0.3 is 0 Å². The van der Waals surface area contributed by atoms with Crippen molar-refractivity contribution in [2.45, 2.75) is 59.2 Å². The summed E-state index contributed by atoms with van der Waals surface area (Å²) in [5, 5.41) is 11.3. The molecule has 0 unspecified atom stereocenters. The number of carbonyl (C=O) groups is 3. The summed E-state index contributed by atoms with van der Waals surface area (Å²) < 4.78 is 1.68. The van der Waals surface area contributed by atoms with Crippen LogP contribution in [0.25, 0.3) is 0 Å². The fraction of sp³-hybridized carbons (Fsp3) is 0.500. The minimum absolute atomic E-state index is 0.00242. The van der Waals surface area contributed by atoms with Crippen LogP contribution < -0.4 is 0 Å². The average molecular weight is 441 g/mol. The summed E-state index contributed by atoms with van der Waals surface area (Å²) in [5.41, 5.74) is 5.05. The predicted molar refractivity (Wildman–Crippen MR) is 121 cm³/mol. The van der Waals surface area contributed by atoms with Gasteiger partial charge in [-0.15, -0.1) is 0 Å². The molecule has 172 valence electrons. The smallest absolute Gasteiger partial charge is 0.290 e. The number of benzene rings is 1. The molecule has 1 aromatic heterocycles. The van der Waals surface area contributed by atoms with Crippen LogP contribution in [0.3, 0.4) is 0 Å². The molecular formula is C24H32N4O4. The van der Waals surface area contributed by atoms with Crippen LogP contribution in [0.1, 0.15) is 52.6 Å². The van der Waals surface area contributed by atoms with Crippen molar-refractivity contribution < 1.29 is 19.5 Å². The SMILES string of the molecule is CC(=O)c1c(C)nn(CC(=O)N2CCC(N3CCc4ccccc4C3)CC2)c1C.O=CO. The van der Waals surface area contributed by atoms with E-state index >= 15 is 0 Å². The first-order chi connectivity index (χ1) is 15.3. The zero-order chi connectivity index (χ0) is 23.3. The van der Waals surface area contributed by atoms with Crippen molar-refractivity contribution in [2.75, 3.05) is 19.6 Å². The van der Waals surface area contributed by atoms with E-state index in [-0.39, 0.29) is 24.7 Å². The van der Waals surface area contributed by atoms with Crippen LogP contribution >= 0.6 is 0 Å². The minimum atomic E-state index is -0.250. The first-order valence-electron chi connectivity index (χ1n) is 11.1. The van der Waals surface area contributed by atoms with Crippen LogP contribution in [-0.2, 0) is 29.1 Å². The maximum Gasteiger partial charge on any atom is 0.290 e. The Hall–Kier alpha value is -3.00. The zero-order valence-corrected chi connectivity index (χ0v) is 19.1. The van der Waals surface area contributed by atoms with Gasteiger partial charge in [-0.05, 0) is 51.2 Å². The lowest BCUT2D eigenvalue weighted by Gasteiger charge is -2.40. The topological polar surface area (TPSA) is 95.7 Å². The molecule has 0 aliphatic carbocycles. The Morgan fingerprint density at radius 3 is 2.34 bits per heavy atom. The second-order valence-electron chi connectivity index (χ2n) is 8.47. The molecular weight excluding hydrogens is 408 g/mol. The lowest BCUT2D eigenvalue weighted by molar-refractivity contribution is -0.133. The number of amides is 1. The molecule has 1 amide bonds. The van der Waals surface area contributed by atoms with Gasteiger partial charge < -0.3 is 10.0 Å². The largest absolute Gasteiger partial charge is 0.483 e. The molecule has 0 saturated carbocycles. The molecule has 2 aliphatic heterocycles. The first-order valence-corrected chi connectivity index (χ1v) is 11.1. The van der Waals surface area contributed by atoms with E-state index in [1.54, 1.807) is 11.6 Å². The predicted octanol–water partition coefficient (Wildman–Crippen LogP) is 2.45. The third-order valence-electron chi connectivity index (χ3n) is 6.51. The van der Waals surface area contributed by atoms with Crippen LogP contribution in [0, 0.1) is 13.8 Å². The van der Waals surface area contributed by atoms with E-state index < -0.39 is 0 Å². The number of carbonyl (C=O) groups excluding carboxylic acids is 2. The highest BCUT2D eigenvalue weighted by atomic mass is 16.3. The molecule has 0 atom stereocenters. The fourth-order valence-corrected chi connectivity index (χ4v) is 4.90. The van der Waals surface area contributed by atoms with Crippen LogP contribution in [0.2, 0.25) is 0 Å². The van der Waals surface area contributed by atoms with Crippen LogP contribution in [0.15, 0.2) is 24.3 Å². The van der Waals surface area contributed by atoms with Gasteiger partial charge in [-0.3, -0.25) is 24.0 Å². The maximum absolute atomic E-state index is 12.8. The van der Waals surface area contributed by atoms with E-state index in [4.69, 9.17) is 9.90 Å². The number of hydrogen-bond acceptors (Lipinski definition) is 5. The van der Waals surface area contributed by atoms with Gasteiger partial charge in [-0.2, -0.15) is 5.10 Å². The number of aryl methyl sites for hydroxylation is 1. The Balaban J connectivity index is 0.000000913. The molecule has 1 fully saturated rings. The third kappa shape index (κ3) is 5.24.